The van der Waals surface area contributed by atoms with Gasteiger partial charge >= 0.3 is 0 Å². The van der Waals surface area contributed by atoms with E-state index in [-0.39, 0.29) is 5.82 Å². The van der Waals surface area contributed by atoms with E-state index in [1.807, 2.05) is 17.7 Å². The Morgan fingerprint density at radius 2 is 2.00 bits per heavy atom. The molecule has 2 nitrogen and oxygen atoms in total. The van der Waals surface area contributed by atoms with Crippen molar-refractivity contribution in [1.82, 2.24) is 9.78 Å². The molecule has 90 valence electrons. The average Bonchev–Trinajstić information content (AvgIpc) is 2.67. The van der Waals surface area contributed by atoms with Crippen molar-refractivity contribution in [3.05, 3.63) is 29.7 Å². The molecular formula is C14H17FN2. The minimum Gasteiger partial charge on any atom is -0.261 e. The molecule has 0 atom stereocenters. The summed E-state index contributed by atoms with van der Waals surface area (Å²) < 4.78 is 15.4. The molecule has 0 saturated heterocycles. The third-order valence-electron chi connectivity index (χ3n) is 3.77. The molecule has 1 aromatic heterocycles. The molecule has 0 bridgehead atoms. The number of rotatable bonds is 1. The lowest BCUT2D eigenvalue weighted by Crippen LogP contribution is -2.14. The van der Waals surface area contributed by atoms with Gasteiger partial charge in [-0.25, -0.2) is 4.39 Å². The minimum absolute atomic E-state index is 0.172. The van der Waals surface area contributed by atoms with Gasteiger partial charge in [-0.3, -0.25) is 4.68 Å². The first-order chi connectivity index (χ1) is 8.25. The Bertz CT molecular complexity index is 538. The van der Waals surface area contributed by atoms with Crippen LogP contribution in [-0.4, -0.2) is 9.78 Å². The van der Waals surface area contributed by atoms with Crippen molar-refractivity contribution >= 4 is 10.9 Å². The van der Waals surface area contributed by atoms with E-state index in [0.717, 1.165) is 16.6 Å². The molecule has 1 fully saturated rings. The van der Waals surface area contributed by atoms with Gasteiger partial charge in [0.05, 0.1) is 17.3 Å². The van der Waals surface area contributed by atoms with Crippen LogP contribution < -0.4 is 0 Å². The van der Waals surface area contributed by atoms with Crippen LogP contribution in [0.1, 0.15) is 43.8 Å². The number of fused-ring (bicyclic) bond motifs is 1. The van der Waals surface area contributed by atoms with Crippen LogP contribution in [0, 0.1) is 12.7 Å². The van der Waals surface area contributed by atoms with Gasteiger partial charge in [-0.15, -0.1) is 0 Å². The maximum Gasteiger partial charge on any atom is 0.125 e. The van der Waals surface area contributed by atoms with Gasteiger partial charge in [0.15, 0.2) is 0 Å². The van der Waals surface area contributed by atoms with Crippen LogP contribution in [0.5, 0.6) is 0 Å². The number of halogens is 1. The second-order valence-electron chi connectivity index (χ2n) is 4.98. The Kier molecular flexibility index (Phi) is 2.61. The van der Waals surface area contributed by atoms with Crippen molar-refractivity contribution in [2.24, 2.45) is 0 Å². The second kappa shape index (κ2) is 4.13. The Morgan fingerprint density at radius 1 is 1.24 bits per heavy atom. The fraction of sp³-hybridized carbons (Fsp3) is 0.500. The topological polar surface area (TPSA) is 17.8 Å². The quantitative estimate of drug-likeness (QED) is 0.727. The lowest BCUT2D eigenvalue weighted by molar-refractivity contribution is 0.336. The smallest absolute Gasteiger partial charge is 0.125 e. The summed E-state index contributed by atoms with van der Waals surface area (Å²) in [5, 5.41) is 5.69. The maximum absolute atomic E-state index is 13.4. The summed E-state index contributed by atoms with van der Waals surface area (Å²) >= 11 is 0. The molecule has 1 aliphatic carbocycles. The molecule has 0 amide bonds. The molecule has 1 heterocycles. The molecule has 0 unspecified atom stereocenters. The van der Waals surface area contributed by atoms with Crippen LogP contribution >= 0.6 is 0 Å². The molecule has 2 aromatic rings. The summed E-state index contributed by atoms with van der Waals surface area (Å²) in [5.74, 6) is -0.172. The van der Waals surface area contributed by atoms with Crippen molar-refractivity contribution in [3.8, 4) is 0 Å². The summed E-state index contributed by atoms with van der Waals surface area (Å²) in [4.78, 5) is 0. The van der Waals surface area contributed by atoms with E-state index in [1.165, 1.54) is 38.2 Å². The van der Waals surface area contributed by atoms with Crippen LogP contribution in [0.4, 0.5) is 4.39 Å². The second-order valence-corrected chi connectivity index (χ2v) is 4.98. The van der Waals surface area contributed by atoms with Gasteiger partial charge in [0, 0.05) is 5.39 Å². The van der Waals surface area contributed by atoms with Crippen molar-refractivity contribution in [3.63, 3.8) is 0 Å². The molecule has 1 aliphatic rings. The monoisotopic (exact) mass is 232 g/mol. The van der Waals surface area contributed by atoms with Gasteiger partial charge in [0.2, 0.25) is 0 Å². The molecular weight excluding hydrogens is 215 g/mol. The van der Waals surface area contributed by atoms with Crippen LogP contribution in [0.2, 0.25) is 0 Å². The predicted molar refractivity (Wildman–Crippen MR) is 66.6 cm³/mol. The van der Waals surface area contributed by atoms with Crippen molar-refractivity contribution in [2.75, 3.05) is 0 Å². The molecule has 1 aromatic carbocycles. The van der Waals surface area contributed by atoms with Crippen molar-refractivity contribution in [2.45, 2.75) is 45.1 Å². The standard InChI is InChI=1S/C14H17FN2/c1-10-13-8-7-11(15)9-14(13)17(16-10)12-5-3-2-4-6-12/h7-9,12H,2-6H2,1H3. The highest BCUT2D eigenvalue weighted by Crippen LogP contribution is 2.31. The summed E-state index contributed by atoms with van der Waals surface area (Å²) in [7, 11) is 0. The number of hydrogen-bond donors (Lipinski definition) is 0. The van der Waals surface area contributed by atoms with Crippen LogP contribution in [-0.2, 0) is 0 Å². The zero-order chi connectivity index (χ0) is 11.8. The predicted octanol–water partition coefficient (Wildman–Crippen LogP) is 3.99. The molecule has 0 spiro atoms. The van der Waals surface area contributed by atoms with E-state index in [4.69, 9.17) is 0 Å². The number of nitrogens with zero attached hydrogens (tertiary/aromatic N) is 2. The summed E-state index contributed by atoms with van der Waals surface area (Å²) in [6.07, 6.45) is 6.20. The SMILES string of the molecule is Cc1nn(C2CCCCC2)c2cc(F)ccc12. The Morgan fingerprint density at radius 3 is 2.76 bits per heavy atom. The van der Waals surface area contributed by atoms with E-state index in [0.29, 0.717) is 6.04 Å². The van der Waals surface area contributed by atoms with Crippen molar-refractivity contribution < 1.29 is 4.39 Å². The number of aryl methyl sites for hydroxylation is 1. The molecule has 17 heavy (non-hydrogen) atoms. The summed E-state index contributed by atoms with van der Waals surface area (Å²) in [6, 6.07) is 5.43. The number of aromatic nitrogens is 2. The Balaban J connectivity index is 2.11. The highest BCUT2D eigenvalue weighted by atomic mass is 19.1. The molecule has 0 radical (unpaired) electrons. The van der Waals surface area contributed by atoms with Crippen LogP contribution in [0.25, 0.3) is 10.9 Å². The van der Waals surface area contributed by atoms with Gasteiger partial charge in [-0.05, 0) is 38.0 Å². The van der Waals surface area contributed by atoms with Gasteiger partial charge in [-0.1, -0.05) is 19.3 Å². The first-order valence-corrected chi connectivity index (χ1v) is 6.40. The maximum atomic E-state index is 13.4. The van der Waals surface area contributed by atoms with E-state index >= 15 is 0 Å². The third-order valence-corrected chi connectivity index (χ3v) is 3.77. The zero-order valence-corrected chi connectivity index (χ0v) is 10.1. The highest BCUT2D eigenvalue weighted by molar-refractivity contribution is 5.81. The van der Waals surface area contributed by atoms with E-state index < -0.39 is 0 Å². The minimum atomic E-state index is -0.172. The van der Waals surface area contributed by atoms with Gasteiger partial charge in [-0.2, -0.15) is 5.10 Å². The third kappa shape index (κ3) is 1.84. The number of benzene rings is 1. The Hall–Kier alpha value is -1.38. The zero-order valence-electron chi connectivity index (χ0n) is 10.1. The van der Waals surface area contributed by atoms with E-state index in [1.54, 1.807) is 6.07 Å². The largest absolute Gasteiger partial charge is 0.261 e. The fourth-order valence-electron chi connectivity index (χ4n) is 2.87. The van der Waals surface area contributed by atoms with Crippen molar-refractivity contribution in [1.29, 1.82) is 0 Å². The van der Waals surface area contributed by atoms with E-state index in [9.17, 15) is 4.39 Å². The lowest BCUT2D eigenvalue weighted by atomic mass is 9.95. The number of hydrogen-bond acceptors (Lipinski definition) is 1. The lowest BCUT2D eigenvalue weighted by Gasteiger charge is -2.22. The normalized spacial score (nSPS) is 17.8. The molecule has 1 saturated carbocycles. The molecule has 3 heteroatoms. The summed E-state index contributed by atoms with van der Waals surface area (Å²) in [6.45, 7) is 2.00. The first kappa shape index (κ1) is 10.8. The van der Waals surface area contributed by atoms with E-state index in [2.05, 4.69) is 5.10 Å². The average molecular weight is 232 g/mol. The molecule has 3 rings (SSSR count). The van der Waals surface area contributed by atoms with Gasteiger partial charge in [0.1, 0.15) is 5.82 Å². The fourth-order valence-corrected chi connectivity index (χ4v) is 2.87. The van der Waals surface area contributed by atoms with Crippen LogP contribution in [0.3, 0.4) is 0 Å². The van der Waals surface area contributed by atoms with Gasteiger partial charge < -0.3 is 0 Å². The summed E-state index contributed by atoms with van der Waals surface area (Å²) in [5.41, 5.74) is 1.96. The molecule has 0 N–H and O–H groups in total. The highest BCUT2D eigenvalue weighted by Gasteiger charge is 2.19. The first-order valence-electron chi connectivity index (χ1n) is 6.40. The van der Waals surface area contributed by atoms with Crippen LogP contribution in [0.15, 0.2) is 18.2 Å². The molecule has 0 aliphatic heterocycles. The Labute approximate surface area is 100 Å². The van der Waals surface area contributed by atoms with Gasteiger partial charge in [0.25, 0.3) is 0 Å².